The zero-order valence-electron chi connectivity index (χ0n) is 9.22. The molecule has 0 saturated heterocycles. The maximum atomic E-state index is 13.0. The molecular formula is C12H11FN2O2. The number of hydrogen-bond donors (Lipinski definition) is 1. The number of hydrogen-bond acceptors (Lipinski definition) is 2. The van der Waals surface area contributed by atoms with E-state index >= 15 is 0 Å². The molecule has 0 amide bonds. The van der Waals surface area contributed by atoms with Crippen molar-refractivity contribution in [1.29, 1.82) is 0 Å². The smallest absolute Gasteiger partial charge is 0.354 e. The molecular weight excluding hydrogens is 223 g/mol. The molecule has 0 aliphatic rings. The highest BCUT2D eigenvalue weighted by Gasteiger charge is 2.14. The Morgan fingerprint density at radius 3 is 2.76 bits per heavy atom. The van der Waals surface area contributed by atoms with E-state index in [1.54, 1.807) is 19.1 Å². The van der Waals surface area contributed by atoms with E-state index in [0.717, 1.165) is 0 Å². The number of aryl methyl sites for hydroxylation is 1. The van der Waals surface area contributed by atoms with E-state index in [1.165, 1.54) is 22.9 Å². The van der Waals surface area contributed by atoms with Crippen LogP contribution in [0.1, 0.15) is 17.4 Å². The molecule has 2 aromatic rings. The van der Waals surface area contributed by atoms with E-state index in [0.29, 0.717) is 17.8 Å². The molecule has 1 heterocycles. The first-order valence-corrected chi connectivity index (χ1v) is 5.19. The molecule has 2 rings (SSSR count). The molecule has 1 aromatic carbocycles. The Hall–Kier alpha value is -2.17. The van der Waals surface area contributed by atoms with Crippen molar-refractivity contribution in [2.45, 2.75) is 13.5 Å². The number of carboxylic acid groups (broad SMARTS) is 1. The normalized spacial score (nSPS) is 10.5. The van der Waals surface area contributed by atoms with E-state index in [1.807, 2.05) is 0 Å². The summed E-state index contributed by atoms with van der Waals surface area (Å²) in [6.07, 6.45) is 0. The second-order valence-corrected chi connectivity index (χ2v) is 3.55. The number of carboxylic acids is 1. The van der Waals surface area contributed by atoms with Gasteiger partial charge in [0.05, 0.1) is 5.69 Å². The first-order chi connectivity index (χ1) is 8.11. The van der Waals surface area contributed by atoms with Crippen LogP contribution < -0.4 is 0 Å². The Morgan fingerprint density at radius 2 is 2.24 bits per heavy atom. The number of nitrogens with zero attached hydrogens (tertiary/aromatic N) is 2. The molecule has 5 heteroatoms. The van der Waals surface area contributed by atoms with Gasteiger partial charge in [-0.1, -0.05) is 12.1 Å². The third-order valence-electron chi connectivity index (χ3n) is 2.42. The molecule has 0 fully saturated rings. The molecule has 0 atom stereocenters. The molecule has 4 nitrogen and oxygen atoms in total. The molecule has 1 N–H and O–H groups in total. The predicted molar refractivity (Wildman–Crippen MR) is 60.3 cm³/mol. The van der Waals surface area contributed by atoms with Gasteiger partial charge in [0.15, 0.2) is 0 Å². The van der Waals surface area contributed by atoms with Gasteiger partial charge >= 0.3 is 5.97 Å². The van der Waals surface area contributed by atoms with Crippen LogP contribution in [0.5, 0.6) is 0 Å². The predicted octanol–water partition coefficient (Wildman–Crippen LogP) is 2.41. The second kappa shape index (κ2) is 4.37. The van der Waals surface area contributed by atoms with Gasteiger partial charge in [0.2, 0.25) is 0 Å². The highest BCUT2D eigenvalue weighted by Crippen LogP contribution is 2.20. The summed E-state index contributed by atoms with van der Waals surface area (Å²) in [6, 6.07) is 7.36. The van der Waals surface area contributed by atoms with Crippen LogP contribution in [0.3, 0.4) is 0 Å². The number of rotatable bonds is 3. The van der Waals surface area contributed by atoms with Crippen LogP contribution >= 0.6 is 0 Å². The topological polar surface area (TPSA) is 55.1 Å². The first-order valence-electron chi connectivity index (χ1n) is 5.19. The fourth-order valence-corrected chi connectivity index (χ4v) is 1.62. The van der Waals surface area contributed by atoms with Gasteiger partial charge in [0.25, 0.3) is 0 Å². The summed E-state index contributed by atoms with van der Waals surface area (Å²) in [4.78, 5) is 11.0. The van der Waals surface area contributed by atoms with E-state index in [-0.39, 0.29) is 11.5 Å². The Bertz CT molecular complexity index is 563. The summed E-state index contributed by atoms with van der Waals surface area (Å²) in [5.41, 5.74) is 1.13. The van der Waals surface area contributed by atoms with Crippen molar-refractivity contribution >= 4 is 5.97 Å². The van der Waals surface area contributed by atoms with Gasteiger partial charge in [-0.15, -0.1) is 0 Å². The highest BCUT2D eigenvalue weighted by atomic mass is 19.1. The molecule has 0 radical (unpaired) electrons. The third kappa shape index (κ3) is 2.18. The number of benzene rings is 1. The number of halogens is 1. The van der Waals surface area contributed by atoms with Crippen molar-refractivity contribution in [3.63, 3.8) is 0 Å². The van der Waals surface area contributed by atoms with Crippen molar-refractivity contribution in [1.82, 2.24) is 9.78 Å². The fourth-order valence-electron chi connectivity index (χ4n) is 1.62. The fraction of sp³-hybridized carbons (Fsp3) is 0.167. The number of aromatic nitrogens is 2. The Kier molecular flexibility index (Phi) is 2.91. The van der Waals surface area contributed by atoms with Gasteiger partial charge in [0.1, 0.15) is 11.5 Å². The molecule has 88 valence electrons. The van der Waals surface area contributed by atoms with Crippen LogP contribution in [-0.4, -0.2) is 20.9 Å². The minimum absolute atomic E-state index is 0.103. The van der Waals surface area contributed by atoms with Crippen molar-refractivity contribution in [2.75, 3.05) is 0 Å². The standard InChI is InChI=1S/C12H11FN2O2/c1-2-15-11(12(16)17)7-10(14-15)8-4-3-5-9(13)6-8/h3-7H,2H2,1H3,(H,16,17). The van der Waals surface area contributed by atoms with Crippen LogP contribution in [0.2, 0.25) is 0 Å². The van der Waals surface area contributed by atoms with Gasteiger partial charge in [-0.2, -0.15) is 5.10 Å². The van der Waals surface area contributed by atoms with Crippen LogP contribution in [-0.2, 0) is 6.54 Å². The zero-order valence-corrected chi connectivity index (χ0v) is 9.22. The quantitative estimate of drug-likeness (QED) is 0.887. The summed E-state index contributed by atoms with van der Waals surface area (Å²) in [5, 5.41) is 13.1. The molecule has 0 aliphatic carbocycles. The lowest BCUT2D eigenvalue weighted by Crippen LogP contribution is -2.07. The minimum atomic E-state index is -1.04. The van der Waals surface area contributed by atoms with Crippen LogP contribution in [0.4, 0.5) is 4.39 Å². The minimum Gasteiger partial charge on any atom is -0.477 e. The van der Waals surface area contributed by atoms with Crippen molar-refractivity contribution in [2.24, 2.45) is 0 Å². The van der Waals surface area contributed by atoms with E-state index < -0.39 is 5.97 Å². The lowest BCUT2D eigenvalue weighted by molar-refractivity contribution is 0.0683. The maximum Gasteiger partial charge on any atom is 0.354 e. The van der Waals surface area contributed by atoms with E-state index in [9.17, 15) is 9.18 Å². The largest absolute Gasteiger partial charge is 0.477 e. The summed E-state index contributed by atoms with van der Waals surface area (Å²) >= 11 is 0. The lowest BCUT2D eigenvalue weighted by atomic mass is 10.1. The van der Waals surface area contributed by atoms with Crippen LogP contribution in [0, 0.1) is 5.82 Å². The van der Waals surface area contributed by atoms with Gasteiger partial charge in [-0.05, 0) is 25.1 Å². The molecule has 0 unspecified atom stereocenters. The van der Waals surface area contributed by atoms with Gasteiger partial charge in [-0.3, -0.25) is 4.68 Å². The third-order valence-corrected chi connectivity index (χ3v) is 2.42. The molecule has 0 spiro atoms. The Labute approximate surface area is 97.3 Å². The second-order valence-electron chi connectivity index (χ2n) is 3.55. The van der Waals surface area contributed by atoms with Crippen LogP contribution in [0.15, 0.2) is 30.3 Å². The van der Waals surface area contributed by atoms with Crippen molar-refractivity contribution in [3.05, 3.63) is 41.8 Å². The van der Waals surface area contributed by atoms with Crippen LogP contribution in [0.25, 0.3) is 11.3 Å². The molecule has 0 aliphatic heterocycles. The SMILES string of the molecule is CCn1nc(-c2cccc(F)c2)cc1C(=O)O. The number of aromatic carboxylic acids is 1. The van der Waals surface area contributed by atoms with Gasteiger partial charge in [0, 0.05) is 12.1 Å². The monoisotopic (exact) mass is 234 g/mol. The lowest BCUT2D eigenvalue weighted by Gasteiger charge is -1.98. The average molecular weight is 234 g/mol. The molecule has 0 saturated carbocycles. The molecule has 1 aromatic heterocycles. The summed E-state index contributed by atoms with van der Waals surface area (Å²) in [6.45, 7) is 2.26. The first kappa shape index (κ1) is 11.3. The Balaban J connectivity index is 2.50. The van der Waals surface area contributed by atoms with E-state index in [4.69, 9.17) is 5.11 Å². The highest BCUT2D eigenvalue weighted by molar-refractivity contribution is 5.87. The molecule has 0 bridgehead atoms. The van der Waals surface area contributed by atoms with Gasteiger partial charge in [-0.25, -0.2) is 9.18 Å². The van der Waals surface area contributed by atoms with Gasteiger partial charge < -0.3 is 5.11 Å². The van der Waals surface area contributed by atoms with Crippen molar-refractivity contribution in [3.8, 4) is 11.3 Å². The van der Waals surface area contributed by atoms with Crippen molar-refractivity contribution < 1.29 is 14.3 Å². The summed E-state index contributed by atoms with van der Waals surface area (Å²) in [7, 11) is 0. The van der Waals surface area contributed by atoms with E-state index in [2.05, 4.69) is 5.10 Å². The summed E-state index contributed by atoms with van der Waals surface area (Å²) in [5.74, 6) is -1.41. The molecule has 17 heavy (non-hydrogen) atoms. The Morgan fingerprint density at radius 1 is 1.47 bits per heavy atom. The number of carbonyl (C=O) groups is 1. The summed E-state index contributed by atoms with van der Waals surface area (Å²) < 4.78 is 14.4. The zero-order chi connectivity index (χ0) is 12.4. The average Bonchev–Trinajstić information content (AvgIpc) is 2.73. The maximum absolute atomic E-state index is 13.0.